The zero-order valence-electron chi connectivity index (χ0n) is 8.93. The van der Waals surface area contributed by atoms with E-state index in [9.17, 15) is 4.79 Å². The van der Waals surface area contributed by atoms with Gasteiger partial charge in [-0.3, -0.25) is 4.79 Å². The second kappa shape index (κ2) is 3.62. The molecule has 0 spiro atoms. The van der Waals surface area contributed by atoms with Gasteiger partial charge in [0.25, 0.3) is 0 Å². The topological polar surface area (TPSA) is 42.4 Å². The Morgan fingerprint density at radius 1 is 1.53 bits per heavy atom. The fourth-order valence-electron chi connectivity index (χ4n) is 1.71. The van der Waals surface area contributed by atoms with Crippen molar-refractivity contribution in [3.8, 4) is 0 Å². The summed E-state index contributed by atoms with van der Waals surface area (Å²) in [4.78, 5) is 16.8. The van der Waals surface area contributed by atoms with E-state index in [1.807, 2.05) is 6.07 Å². The number of carbonyl (C=O) groups excluding carboxylic acids is 1. The number of hydrogen-bond acceptors (Lipinski definition) is 4. The number of rotatable bonds is 3. The number of hydrogen-bond donors (Lipinski definition) is 0. The molecule has 2 heterocycles. The second-order valence-corrected chi connectivity index (χ2v) is 4.08. The smallest absolute Gasteiger partial charge is 0.151 e. The number of carbonyl (C=O) groups is 1. The summed E-state index contributed by atoms with van der Waals surface area (Å²) in [6.07, 6.45) is 2.39. The minimum atomic E-state index is -0.0506. The highest BCUT2D eigenvalue weighted by Crippen LogP contribution is 2.27. The van der Waals surface area contributed by atoms with Crippen LogP contribution in [0.5, 0.6) is 0 Å². The molecule has 80 valence electrons. The van der Waals surface area contributed by atoms with E-state index in [1.54, 1.807) is 19.4 Å². The Labute approximate surface area is 88.9 Å². The average molecular weight is 206 g/mol. The summed E-state index contributed by atoms with van der Waals surface area (Å²) in [5.41, 5.74) is 0.555. The number of methoxy groups -OCH3 is 1. The highest BCUT2D eigenvalue weighted by molar-refractivity contribution is 5.74. The van der Waals surface area contributed by atoms with Crippen molar-refractivity contribution in [3.05, 3.63) is 23.9 Å². The first-order chi connectivity index (χ1) is 7.17. The van der Waals surface area contributed by atoms with Gasteiger partial charge in [-0.2, -0.15) is 0 Å². The average Bonchev–Trinajstić information content (AvgIpc) is 2.25. The largest absolute Gasteiger partial charge is 0.375 e. The van der Waals surface area contributed by atoms with Gasteiger partial charge in [-0.1, -0.05) is 0 Å². The molecule has 4 heteroatoms. The highest BCUT2D eigenvalue weighted by atomic mass is 16.5. The molecule has 1 aromatic rings. The molecule has 0 bridgehead atoms. The quantitative estimate of drug-likeness (QED) is 0.695. The Morgan fingerprint density at radius 3 is 2.73 bits per heavy atom. The third-order valence-electron chi connectivity index (χ3n) is 2.77. The number of aromatic nitrogens is 1. The Morgan fingerprint density at radius 2 is 2.27 bits per heavy atom. The first-order valence-corrected chi connectivity index (χ1v) is 4.88. The third-order valence-corrected chi connectivity index (χ3v) is 2.77. The van der Waals surface area contributed by atoms with E-state index < -0.39 is 0 Å². The Bertz CT molecular complexity index is 355. The van der Waals surface area contributed by atoms with Crippen molar-refractivity contribution in [2.45, 2.75) is 12.5 Å². The van der Waals surface area contributed by atoms with Crippen LogP contribution in [0, 0.1) is 0 Å². The van der Waals surface area contributed by atoms with Crippen LogP contribution in [-0.2, 0) is 4.74 Å². The highest BCUT2D eigenvalue weighted by Gasteiger charge is 2.39. The van der Waals surface area contributed by atoms with Crippen LogP contribution in [0.25, 0.3) is 0 Å². The fourth-order valence-corrected chi connectivity index (χ4v) is 1.71. The molecule has 15 heavy (non-hydrogen) atoms. The van der Waals surface area contributed by atoms with E-state index in [2.05, 4.69) is 16.8 Å². The van der Waals surface area contributed by atoms with Crippen molar-refractivity contribution >= 4 is 12.1 Å². The molecule has 0 radical (unpaired) electrons. The number of aldehydes is 1. The first-order valence-electron chi connectivity index (χ1n) is 4.88. The fraction of sp³-hybridized carbons (Fsp3) is 0.455. The zero-order valence-corrected chi connectivity index (χ0v) is 8.93. The van der Waals surface area contributed by atoms with Gasteiger partial charge < -0.3 is 9.64 Å². The lowest BCUT2D eigenvalue weighted by atomic mass is 9.96. The van der Waals surface area contributed by atoms with Gasteiger partial charge in [0, 0.05) is 32.0 Å². The van der Waals surface area contributed by atoms with Crippen molar-refractivity contribution in [3.63, 3.8) is 0 Å². The number of ether oxygens (including phenoxy) is 1. The van der Waals surface area contributed by atoms with E-state index in [0.29, 0.717) is 5.56 Å². The molecule has 0 atom stereocenters. The predicted octanol–water partition coefficient (Wildman–Crippen LogP) is 1.12. The number of nitrogens with zero attached hydrogens (tertiary/aromatic N) is 2. The lowest BCUT2D eigenvalue weighted by molar-refractivity contribution is -0.0171. The molecule has 1 aromatic heterocycles. The molecule has 0 N–H and O–H groups in total. The lowest BCUT2D eigenvalue weighted by Gasteiger charge is -2.47. The van der Waals surface area contributed by atoms with Crippen LogP contribution in [0.2, 0.25) is 0 Å². The number of anilines is 1. The summed E-state index contributed by atoms with van der Waals surface area (Å²) in [5.74, 6) is 0.898. The van der Waals surface area contributed by atoms with Crippen molar-refractivity contribution < 1.29 is 9.53 Å². The summed E-state index contributed by atoms with van der Waals surface area (Å²) in [7, 11) is 1.72. The molecule has 0 saturated carbocycles. The second-order valence-electron chi connectivity index (χ2n) is 4.08. The summed E-state index contributed by atoms with van der Waals surface area (Å²) < 4.78 is 5.34. The van der Waals surface area contributed by atoms with Crippen molar-refractivity contribution in [1.82, 2.24) is 4.98 Å². The van der Waals surface area contributed by atoms with Crippen molar-refractivity contribution in [2.24, 2.45) is 0 Å². The molecule has 0 unspecified atom stereocenters. The standard InChI is InChI=1S/C11H14N2O2/c1-11(15-2)7-13(8-11)10-4-3-9(6-14)5-12-10/h3-6H,7-8H2,1-2H3. The minimum Gasteiger partial charge on any atom is -0.375 e. The van der Waals surface area contributed by atoms with Crippen LogP contribution < -0.4 is 4.90 Å². The summed E-state index contributed by atoms with van der Waals surface area (Å²) in [5, 5.41) is 0. The van der Waals surface area contributed by atoms with Crippen molar-refractivity contribution in [1.29, 1.82) is 0 Å². The first kappa shape index (κ1) is 10.1. The SMILES string of the molecule is COC1(C)CN(c2ccc(C=O)cn2)C1. The summed E-state index contributed by atoms with van der Waals surface area (Å²) >= 11 is 0. The Hall–Kier alpha value is -1.42. The van der Waals surface area contributed by atoms with E-state index in [1.165, 1.54) is 0 Å². The maximum Gasteiger partial charge on any atom is 0.151 e. The lowest BCUT2D eigenvalue weighted by Crippen LogP contribution is -2.61. The van der Waals surface area contributed by atoms with Crippen molar-refractivity contribution in [2.75, 3.05) is 25.1 Å². The van der Waals surface area contributed by atoms with Gasteiger partial charge >= 0.3 is 0 Å². The zero-order chi connectivity index (χ0) is 10.9. The van der Waals surface area contributed by atoms with Gasteiger partial charge in [0.1, 0.15) is 5.82 Å². The molecular weight excluding hydrogens is 192 g/mol. The van der Waals surface area contributed by atoms with Crippen LogP contribution in [-0.4, -0.2) is 37.1 Å². The number of pyridine rings is 1. The van der Waals surface area contributed by atoms with Gasteiger partial charge in [0.2, 0.25) is 0 Å². The molecule has 1 fully saturated rings. The van der Waals surface area contributed by atoms with Crippen LogP contribution in [0.3, 0.4) is 0 Å². The minimum absolute atomic E-state index is 0.0506. The van der Waals surface area contributed by atoms with Gasteiger partial charge in [-0.15, -0.1) is 0 Å². The molecule has 0 aromatic carbocycles. The molecule has 0 amide bonds. The summed E-state index contributed by atoms with van der Waals surface area (Å²) in [6.45, 7) is 3.76. The molecule has 1 aliphatic rings. The molecule has 2 rings (SSSR count). The van der Waals surface area contributed by atoms with E-state index in [0.717, 1.165) is 25.2 Å². The van der Waals surface area contributed by atoms with Crippen LogP contribution >= 0.6 is 0 Å². The Balaban J connectivity index is 2.04. The molecule has 4 nitrogen and oxygen atoms in total. The van der Waals surface area contributed by atoms with E-state index in [-0.39, 0.29) is 5.60 Å². The third kappa shape index (κ3) is 1.85. The van der Waals surface area contributed by atoms with E-state index in [4.69, 9.17) is 4.74 Å². The normalized spacial score (nSPS) is 18.4. The molecular formula is C11H14N2O2. The van der Waals surface area contributed by atoms with Gasteiger partial charge in [-0.25, -0.2) is 4.98 Å². The predicted molar refractivity (Wildman–Crippen MR) is 57.3 cm³/mol. The Kier molecular flexibility index (Phi) is 2.44. The summed E-state index contributed by atoms with van der Waals surface area (Å²) in [6, 6.07) is 3.64. The monoisotopic (exact) mass is 206 g/mol. The molecule has 1 aliphatic heterocycles. The van der Waals surface area contributed by atoms with E-state index >= 15 is 0 Å². The van der Waals surface area contributed by atoms with Gasteiger partial charge in [0.15, 0.2) is 6.29 Å². The molecule has 1 saturated heterocycles. The van der Waals surface area contributed by atoms with Gasteiger partial charge in [-0.05, 0) is 19.1 Å². The maximum atomic E-state index is 10.4. The van der Waals surface area contributed by atoms with Gasteiger partial charge in [0.05, 0.1) is 5.60 Å². The maximum absolute atomic E-state index is 10.4. The van der Waals surface area contributed by atoms with Crippen LogP contribution in [0.1, 0.15) is 17.3 Å². The molecule has 0 aliphatic carbocycles. The van der Waals surface area contributed by atoms with Crippen LogP contribution in [0.15, 0.2) is 18.3 Å². The van der Waals surface area contributed by atoms with Crippen LogP contribution in [0.4, 0.5) is 5.82 Å².